The van der Waals surface area contributed by atoms with E-state index < -0.39 is 11.2 Å². The molecule has 1 aromatic heterocycles. The molecular formula is C20H18N4O3S. The van der Waals surface area contributed by atoms with E-state index in [-0.39, 0.29) is 23.6 Å². The molecule has 0 aliphatic rings. The zero-order valence-corrected chi connectivity index (χ0v) is 16.5. The Morgan fingerprint density at radius 2 is 1.93 bits per heavy atom. The van der Waals surface area contributed by atoms with Crippen molar-refractivity contribution < 1.29 is 14.3 Å². The number of anilines is 1. The van der Waals surface area contributed by atoms with Crippen molar-refractivity contribution in [3.8, 4) is 12.1 Å². The van der Waals surface area contributed by atoms with Crippen molar-refractivity contribution in [1.82, 2.24) is 4.98 Å². The number of para-hydroxylation sites is 1. The molecule has 0 fully saturated rings. The number of hydrogen-bond donors (Lipinski definition) is 1. The van der Waals surface area contributed by atoms with Crippen LogP contribution in [0.2, 0.25) is 0 Å². The topological polar surface area (TPSA) is 116 Å². The third kappa shape index (κ3) is 4.87. The molecule has 1 heterocycles. The number of pyridine rings is 1. The highest BCUT2D eigenvalue weighted by atomic mass is 32.2. The molecule has 0 aliphatic heterocycles. The molecule has 0 saturated carbocycles. The van der Waals surface area contributed by atoms with Gasteiger partial charge in [0.15, 0.2) is 0 Å². The van der Waals surface area contributed by atoms with Gasteiger partial charge in [-0.1, -0.05) is 23.9 Å². The van der Waals surface area contributed by atoms with Crippen LogP contribution in [0.5, 0.6) is 0 Å². The van der Waals surface area contributed by atoms with Crippen LogP contribution < -0.4 is 5.32 Å². The molecule has 0 spiro atoms. The lowest BCUT2D eigenvalue weighted by molar-refractivity contribution is -0.115. The van der Waals surface area contributed by atoms with E-state index in [4.69, 9.17) is 10.00 Å². The Morgan fingerprint density at radius 1 is 1.25 bits per heavy atom. The zero-order valence-electron chi connectivity index (χ0n) is 15.6. The lowest BCUT2D eigenvalue weighted by atomic mass is 10.1. The monoisotopic (exact) mass is 394 g/mol. The summed E-state index contributed by atoms with van der Waals surface area (Å²) in [5.41, 5.74) is 1.61. The SMILES string of the molecule is CCOC(=O)c1cc(C#N)c(S[C@@H](C)C(=O)Nc2ccccc2C#N)nc1C. The second kappa shape index (κ2) is 9.54. The quantitative estimate of drug-likeness (QED) is 0.589. The smallest absolute Gasteiger partial charge is 0.340 e. The number of amides is 1. The van der Waals surface area contributed by atoms with Gasteiger partial charge >= 0.3 is 5.97 Å². The van der Waals surface area contributed by atoms with Gasteiger partial charge in [-0.3, -0.25) is 4.79 Å². The Kier molecular flexibility index (Phi) is 7.14. The standard InChI is InChI=1S/C20H18N4O3S/c1-4-27-20(26)16-9-15(11-22)19(23-12(16)2)28-13(3)18(25)24-17-8-6-5-7-14(17)10-21/h5-9,13H,4H2,1-3H3,(H,24,25)/t13-/m0/s1. The van der Waals surface area contributed by atoms with Crippen LogP contribution in [-0.4, -0.2) is 28.7 Å². The maximum Gasteiger partial charge on any atom is 0.340 e. The summed E-state index contributed by atoms with van der Waals surface area (Å²) in [6.45, 7) is 5.23. The summed E-state index contributed by atoms with van der Waals surface area (Å²) in [5, 5.41) is 21.0. The van der Waals surface area contributed by atoms with Crippen molar-refractivity contribution in [2.45, 2.75) is 31.0 Å². The van der Waals surface area contributed by atoms with Gasteiger partial charge < -0.3 is 10.1 Å². The van der Waals surface area contributed by atoms with Crippen LogP contribution in [0.25, 0.3) is 0 Å². The first-order chi connectivity index (χ1) is 13.4. The van der Waals surface area contributed by atoms with E-state index in [0.29, 0.717) is 22.0 Å². The normalized spacial score (nSPS) is 11.0. The van der Waals surface area contributed by atoms with Gasteiger partial charge in [0.1, 0.15) is 17.2 Å². The Bertz CT molecular complexity index is 992. The predicted octanol–water partition coefficient (Wildman–Crippen LogP) is 3.43. The lowest BCUT2D eigenvalue weighted by Gasteiger charge is -2.14. The van der Waals surface area contributed by atoms with Crippen molar-refractivity contribution in [2.24, 2.45) is 0 Å². The van der Waals surface area contributed by atoms with E-state index in [1.54, 1.807) is 45.0 Å². The second-order valence-corrected chi connectivity index (χ2v) is 7.04. The number of aryl methyl sites for hydroxylation is 1. The predicted molar refractivity (Wildman–Crippen MR) is 105 cm³/mol. The van der Waals surface area contributed by atoms with Crippen molar-refractivity contribution in [2.75, 3.05) is 11.9 Å². The average Bonchev–Trinajstić information content (AvgIpc) is 2.68. The van der Waals surface area contributed by atoms with Gasteiger partial charge in [0.05, 0.1) is 39.9 Å². The van der Waals surface area contributed by atoms with Crippen LogP contribution in [0.15, 0.2) is 35.4 Å². The van der Waals surface area contributed by atoms with E-state index in [1.165, 1.54) is 6.07 Å². The fraction of sp³-hybridized carbons (Fsp3) is 0.250. The van der Waals surface area contributed by atoms with Crippen molar-refractivity contribution in [3.63, 3.8) is 0 Å². The summed E-state index contributed by atoms with van der Waals surface area (Å²) < 4.78 is 4.97. The van der Waals surface area contributed by atoms with Gasteiger partial charge in [-0.05, 0) is 39.0 Å². The summed E-state index contributed by atoms with van der Waals surface area (Å²) in [7, 11) is 0. The molecule has 7 nitrogen and oxygen atoms in total. The molecule has 1 aromatic carbocycles. The number of esters is 1. The van der Waals surface area contributed by atoms with E-state index in [0.717, 1.165) is 11.8 Å². The Hall–Kier alpha value is -3.36. The highest BCUT2D eigenvalue weighted by Crippen LogP contribution is 2.28. The molecule has 0 bridgehead atoms. The number of nitriles is 2. The molecule has 142 valence electrons. The molecule has 8 heteroatoms. The third-order valence-electron chi connectivity index (χ3n) is 3.76. The van der Waals surface area contributed by atoms with Crippen LogP contribution in [0.3, 0.4) is 0 Å². The first-order valence-corrected chi connectivity index (χ1v) is 9.34. The number of thioether (sulfide) groups is 1. The number of ether oxygens (including phenoxy) is 1. The summed E-state index contributed by atoms with van der Waals surface area (Å²) in [5.74, 6) is -0.870. The molecule has 1 atom stereocenters. The highest BCUT2D eigenvalue weighted by Gasteiger charge is 2.21. The number of nitrogens with one attached hydrogen (secondary N) is 1. The highest BCUT2D eigenvalue weighted by molar-refractivity contribution is 8.00. The average molecular weight is 394 g/mol. The molecule has 1 amide bonds. The van der Waals surface area contributed by atoms with Crippen LogP contribution in [-0.2, 0) is 9.53 Å². The second-order valence-electron chi connectivity index (χ2n) is 5.71. The number of carbonyl (C=O) groups excluding carboxylic acids is 2. The number of carbonyl (C=O) groups is 2. The van der Waals surface area contributed by atoms with E-state index in [9.17, 15) is 14.9 Å². The third-order valence-corrected chi connectivity index (χ3v) is 4.86. The fourth-order valence-electron chi connectivity index (χ4n) is 2.31. The summed E-state index contributed by atoms with van der Waals surface area (Å²) in [4.78, 5) is 28.8. The summed E-state index contributed by atoms with van der Waals surface area (Å²) in [6, 6.07) is 12.1. The Labute approximate surface area is 167 Å². The first kappa shape index (κ1) is 20.9. The number of benzene rings is 1. The van der Waals surface area contributed by atoms with Gasteiger partial charge in [-0.25, -0.2) is 9.78 Å². The minimum absolute atomic E-state index is 0.190. The Morgan fingerprint density at radius 3 is 2.57 bits per heavy atom. The van der Waals surface area contributed by atoms with Crippen LogP contribution in [0, 0.1) is 29.6 Å². The van der Waals surface area contributed by atoms with Gasteiger partial charge in [-0.15, -0.1) is 0 Å². The van der Waals surface area contributed by atoms with Gasteiger partial charge in [0.2, 0.25) is 5.91 Å². The molecule has 28 heavy (non-hydrogen) atoms. The summed E-state index contributed by atoms with van der Waals surface area (Å²) >= 11 is 1.10. The number of aromatic nitrogens is 1. The molecule has 2 rings (SSSR count). The van der Waals surface area contributed by atoms with Crippen LogP contribution >= 0.6 is 11.8 Å². The van der Waals surface area contributed by atoms with Crippen LogP contribution in [0.4, 0.5) is 5.69 Å². The largest absolute Gasteiger partial charge is 0.462 e. The number of nitrogens with zero attached hydrogens (tertiary/aromatic N) is 3. The molecule has 2 aromatic rings. The lowest BCUT2D eigenvalue weighted by Crippen LogP contribution is -2.23. The van der Waals surface area contributed by atoms with Crippen molar-refractivity contribution in [3.05, 3.63) is 52.7 Å². The minimum atomic E-state index is -0.584. The van der Waals surface area contributed by atoms with E-state index in [2.05, 4.69) is 10.3 Å². The first-order valence-electron chi connectivity index (χ1n) is 8.46. The molecule has 0 radical (unpaired) electrons. The van der Waals surface area contributed by atoms with Gasteiger partial charge in [-0.2, -0.15) is 10.5 Å². The molecule has 0 aliphatic carbocycles. The van der Waals surface area contributed by atoms with Gasteiger partial charge in [0, 0.05) is 0 Å². The van der Waals surface area contributed by atoms with E-state index >= 15 is 0 Å². The number of rotatable bonds is 6. The van der Waals surface area contributed by atoms with Crippen molar-refractivity contribution >= 4 is 29.3 Å². The maximum absolute atomic E-state index is 12.5. The fourth-order valence-corrected chi connectivity index (χ4v) is 3.24. The Balaban J connectivity index is 2.21. The molecule has 0 unspecified atom stereocenters. The molecular weight excluding hydrogens is 376 g/mol. The van der Waals surface area contributed by atoms with Crippen LogP contribution in [0.1, 0.15) is 41.0 Å². The maximum atomic E-state index is 12.5. The zero-order chi connectivity index (χ0) is 20.7. The summed E-state index contributed by atoms with van der Waals surface area (Å²) in [6.07, 6.45) is 0. The van der Waals surface area contributed by atoms with E-state index in [1.807, 2.05) is 12.1 Å². The molecule has 0 saturated heterocycles. The molecule has 1 N–H and O–H groups in total. The number of hydrogen-bond acceptors (Lipinski definition) is 7. The van der Waals surface area contributed by atoms with Gasteiger partial charge in [0.25, 0.3) is 0 Å². The minimum Gasteiger partial charge on any atom is -0.462 e. The van der Waals surface area contributed by atoms with Crippen molar-refractivity contribution in [1.29, 1.82) is 10.5 Å².